The molecule has 0 spiro atoms. The van der Waals surface area contributed by atoms with Gasteiger partial charge in [0.15, 0.2) is 0 Å². The topological polar surface area (TPSA) is 0 Å². The van der Waals surface area contributed by atoms with Gasteiger partial charge in [-0.2, -0.15) is 0 Å². The van der Waals surface area contributed by atoms with Gasteiger partial charge in [-0.15, -0.1) is 0 Å². The molecule has 0 aromatic rings. The van der Waals surface area contributed by atoms with E-state index < -0.39 is 7.26 Å². The summed E-state index contributed by atoms with van der Waals surface area (Å²) in [5, 5.41) is 0. The van der Waals surface area contributed by atoms with E-state index >= 15 is 0 Å². The van der Waals surface area contributed by atoms with Gasteiger partial charge in [0, 0.05) is 7.26 Å². The summed E-state index contributed by atoms with van der Waals surface area (Å²) < 4.78 is 1.34. The Morgan fingerprint density at radius 3 is 1.75 bits per heavy atom. The maximum Gasteiger partial charge on any atom is 0.0594 e. The van der Waals surface area contributed by atoms with Crippen LogP contribution in [0, 0.1) is 0 Å². The number of rotatable bonds is 7. The van der Waals surface area contributed by atoms with Crippen molar-refractivity contribution in [2.24, 2.45) is 0 Å². The number of hydrogen-bond acceptors (Lipinski definition) is 0. The zero-order chi connectivity index (χ0) is 9.45. The maximum absolute atomic E-state index is 2.49. The Morgan fingerprint density at radius 1 is 0.917 bits per heavy atom. The summed E-state index contributed by atoms with van der Waals surface area (Å²) in [5.41, 5.74) is 0. The van der Waals surface area contributed by atoms with E-state index in [1.165, 1.54) is 35.8 Å². The number of unbranched alkanes of at least 4 members (excludes halogenated alkanes) is 1. The fourth-order valence-corrected chi connectivity index (χ4v) is 5.41. The van der Waals surface area contributed by atoms with Crippen molar-refractivity contribution in [1.82, 2.24) is 0 Å². The molecule has 0 unspecified atom stereocenters. The predicted molar refractivity (Wildman–Crippen MR) is 71.5 cm³/mol. The van der Waals surface area contributed by atoms with Gasteiger partial charge in [-0.3, -0.25) is 0 Å². The highest BCUT2D eigenvalue weighted by molar-refractivity contribution is 14.1. The van der Waals surface area contributed by atoms with Gasteiger partial charge in [0.05, 0.1) is 24.6 Å². The van der Waals surface area contributed by atoms with Gasteiger partial charge >= 0.3 is 0 Å². The Morgan fingerprint density at radius 2 is 1.42 bits per heavy atom. The normalized spacial score (nSPS) is 12.0. The Balaban J connectivity index is 3.76. The molecule has 0 rings (SSSR count). The van der Waals surface area contributed by atoms with Gasteiger partial charge in [-0.05, 0) is 38.0 Å². The van der Waals surface area contributed by atoms with Crippen molar-refractivity contribution in [2.75, 3.05) is 29.1 Å². The van der Waals surface area contributed by atoms with E-state index in [1.807, 2.05) is 0 Å². The van der Waals surface area contributed by atoms with Crippen LogP contribution >= 0.6 is 29.9 Å². The molecule has 0 aliphatic rings. The highest BCUT2D eigenvalue weighted by atomic mass is 127. The van der Waals surface area contributed by atoms with Crippen LogP contribution in [0.25, 0.3) is 0 Å². The Labute approximate surface area is 92.4 Å². The molecule has 0 nitrogen and oxygen atoms in total. The van der Waals surface area contributed by atoms with Gasteiger partial charge in [0.25, 0.3) is 0 Å². The minimum atomic E-state index is -0.472. The van der Waals surface area contributed by atoms with E-state index in [0.717, 1.165) is 0 Å². The van der Waals surface area contributed by atoms with Crippen molar-refractivity contribution in [2.45, 2.75) is 33.6 Å². The smallest absolute Gasteiger partial charge is 0.0594 e. The molecule has 0 aromatic heterocycles. The van der Waals surface area contributed by atoms with Crippen LogP contribution in [0.1, 0.15) is 33.6 Å². The second kappa shape index (κ2) is 7.55. The van der Waals surface area contributed by atoms with Gasteiger partial charge in [-0.1, -0.05) is 22.6 Å². The van der Waals surface area contributed by atoms with Crippen molar-refractivity contribution in [3.8, 4) is 0 Å². The number of halogens is 1. The van der Waals surface area contributed by atoms with E-state index in [-0.39, 0.29) is 0 Å². The molecule has 0 heterocycles. The first kappa shape index (κ1) is 13.2. The minimum Gasteiger partial charge on any atom is -0.0864 e. The lowest BCUT2D eigenvalue weighted by Crippen LogP contribution is -2.07. The maximum atomic E-state index is 2.49. The first-order valence-corrected chi connectivity index (χ1v) is 9.21. The van der Waals surface area contributed by atoms with Crippen LogP contribution in [0.3, 0.4) is 0 Å². The van der Waals surface area contributed by atoms with Crippen LogP contribution in [0.5, 0.6) is 0 Å². The summed E-state index contributed by atoms with van der Waals surface area (Å²) in [4.78, 5) is 0. The molecular weight excluding hydrogens is 278 g/mol. The quantitative estimate of drug-likeness (QED) is 0.285. The molecule has 0 saturated carbocycles. The van der Waals surface area contributed by atoms with Crippen molar-refractivity contribution < 1.29 is 0 Å². The molecule has 0 bridgehead atoms. The summed E-state index contributed by atoms with van der Waals surface area (Å²) >= 11 is 2.49. The molecule has 0 fully saturated rings. The second-order valence-corrected chi connectivity index (χ2v) is 9.52. The fraction of sp³-hybridized carbons (Fsp3) is 1.00. The molecule has 74 valence electrons. The van der Waals surface area contributed by atoms with Crippen molar-refractivity contribution in [3.05, 3.63) is 0 Å². The Kier molecular flexibility index (Phi) is 8.28. The third-order valence-electron chi connectivity index (χ3n) is 3.03. The Bertz CT molecular complexity index is 91.7. The molecule has 0 atom stereocenters. The molecule has 0 saturated heterocycles. The summed E-state index contributed by atoms with van der Waals surface area (Å²) in [7, 11) is -0.472. The molecule has 0 aliphatic carbocycles. The second-order valence-electron chi connectivity index (χ2n) is 3.41. The van der Waals surface area contributed by atoms with Crippen molar-refractivity contribution >= 4 is 29.9 Å². The molecule has 0 amide bonds. The number of alkyl halides is 1. The van der Waals surface area contributed by atoms with Gasteiger partial charge in [0.2, 0.25) is 0 Å². The Hall–Kier alpha value is 1.16. The van der Waals surface area contributed by atoms with Crippen LogP contribution < -0.4 is 0 Å². The van der Waals surface area contributed by atoms with E-state index in [9.17, 15) is 0 Å². The highest BCUT2D eigenvalue weighted by Crippen LogP contribution is 2.58. The lowest BCUT2D eigenvalue weighted by molar-refractivity contribution is 0.903. The van der Waals surface area contributed by atoms with Crippen LogP contribution in [-0.4, -0.2) is 29.1 Å². The zero-order valence-corrected chi connectivity index (χ0v) is 11.8. The van der Waals surface area contributed by atoms with Crippen LogP contribution in [0.4, 0.5) is 0 Å². The third-order valence-corrected chi connectivity index (χ3v) is 9.08. The summed E-state index contributed by atoms with van der Waals surface area (Å²) in [6, 6.07) is 0. The molecule has 0 N–H and O–H groups in total. The lowest BCUT2D eigenvalue weighted by atomic mass is 10.4. The largest absolute Gasteiger partial charge is 0.0864 e. The van der Waals surface area contributed by atoms with E-state index in [2.05, 4.69) is 43.4 Å². The van der Waals surface area contributed by atoms with Crippen LogP contribution in [-0.2, 0) is 0 Å². The van der Waals surface area contributed by atoms with Gasteiger partial charge in [0.1, 0.15) is 0 Å². The van der Waals surface area contributed by atoms with E-state index in [0.29, 0.717) is 0 Å². The molecule has 0 radical (unpaired) electrons. The SMILES string of the molecule is CC[P+](CC)(CC)CCCCI. The van der Waals surface area contributed by atoms with Gasteiger partial charge in [-0.25, -0.2) is 0 Å². The minimum absolute atomic E-state index is 0.472. The summed E-state index contributed by atoms with van der Waals surface area (Å²) in [6.45, 7) is 7.18. The first-order chi connectivity index (χ1) is 5.74. The predicted octanol–water partition coefficient (Wildman–Crippen LogP) is 4.28. The van der Waals surface area contributed by atoms with Crippen LogP contribution in [0.2, 0.25) is 0 Å². The van der Waals surface area contributed by atoms with Crippen LogP contribution in [0.15, 0.2) is 0 Å². The standard InChI is InChI=1S/C10H23IP/c1-4-12(5-2,6-3)10-8-7-9-11/h4-10H2,1-3H3/q+1. The summed E-state index contributed by atoms with van der Waals surface area (Å²) in [6.07, 6.45) is 8.89. The summed E-state index contributed by atoms with van der Waals surface area (Å²) in [5.74, 6) is 0. The average Bonchev–Trinajstić information content (AvgIpc) is 2.14. The first-order valence-electron chi connectivity index (χ1n) is 5.15. The highest BCUT2D eigenvalue weighted by Gasteiger charge is 2.29. The molecule has 2 heteroatoms. The molecule has 0 aliphatic heterocycles. The average molecular weight is 301 g/mol. The molecule has 0 aromatic carbocycles. The lowest BCUT2D eigenvalue weighted by Gasteiger charge is -2.23. The van der Waals surface area contributed by atoms with Crippen molar-refractivity contribution in [3.63, 3.8) is 0 Å². The van der Waals surface area contributed by atoms with Crippen molar-refractivity contribution in [1.29, 1.82) is 0 Å². The van der Waals surface area contributed by atoms with E-state index in [1.54, 1.807) is 6.16 Å². The monoisotopic (exact) mass is 301 g/mol. The molecule has 12 heavy (non-hydrogen) atoms. The number of hydrogen-bond donors (Lipinski definition) is 0. The zero-order valence-electron chi connectivity index (χ0n) is 8.77. The van der Waals surface area contributed by atoms with E-state index in [4.69, 9.17) is 0 Å². The fourth-order valence-electron chi connectivity index (χ4n) is 1.69. The van der Waals surface area contributed by atoms with Gasteiger partial charge < -0.3 is 0 Å². The third kappa shape index (κ3) is 4.41. The molecular formula is C10H23IP+.